The summed E-state index contributed by atoms with van der Waals surface area (Å²) in [5.41, 5.74) is 15.6. The van der Waals surface area contributed by atoms with Gasteiger partial charge in [-0.1, -0.05) is 63.6 Å². The van der Waals surface area contributed by atoms with Crippen LogP contribution in [0.15, 0.2) is 48.5 Å². The Morgan fingerprint density at radius 1 is 0.833 bits per heavy atom. The van der Waals surface area contributed by atoms with Crippen LogP contribution in [0.5, 0.6) is 0 Å². The fraction of sp³-hybridized carbons (Fsp3) is 0.564. The second kappa shape index (κ2) is 21.6. The van der Waals surface area contributed by atoms with E-state index in [4.69, 9.17) is 11.5 Å². The highest BCUT2D eigenvalue weighted by Crippen LogP contribution is 2.23. The van der Waals surface area contributed by atoms with Crippen molar-refractivity contribution in [3.8, 4) is 11.1 Å². The molecule has 54 heavy (non-hydrogen) atoms. The Morgan fingerprint density at radius 2 is 1.46 bits per heavy atom. The Labute approximate surface area is 319 Å². The molecule has 0 aromatic heterocycles. The minimum Gasteiger partial charge on any atom is -0.426 e. The molecule has 1 saturated heterocycles. The number of likely N-dealkylation sites (tertiary alicyclic amines) is 1. The van der Waals surface area contributed by atoms with Crippen molar-refractivity contribution >= 4 is 36.7 Å². The SMILES string of the molecule is CCCCc1ccc(-c2ccc(C(=O)N[C@@H](CCCCN)C(=O)N3C[C@H](N)C[C@H]3C(=O)N[C@@H](C)C(=O)N[C@@H](CC(C)C)C(=O)N[C@@H](C)B(O)O)cc2)cc1. The summed E-state index contributed by atoms with van der Waals surface area (Å²) in [5.74, 6) is -3.68. The van der Waals surface area contributed by atoms with Gasteiger partial charge in [0.05, 0.1) is 5.94 Å². The largest absolute Gasteiger partial charge is 0.475 e. The number of aryl methyl sites for hydroxylation is 1. The van der Waals surface area contributed by atoms with Crippen molar-refractivity contribution in [1.29, 1.82) is 0 Å². The topological polar surface area (TPSA) is 229 Å². The van der Waals surface area contributed by atoms with E-state index in [9.17, 15) is 34.0 Å². The third kappa shape index (κ3) is 13.2. The maximum Gasteiger partial charge on any atom is 0.475 e. The first-order chi connectivity index (χ1) is 25.6. The van der Waals surface area contributed by atoms with Crippen molar-refractivity contribution in [3.05, 3.63) is 59.7 Å². The fourth-order valence-corrected chi connectivity index (χ4v) is 6.39. The van der Waals surface area contributed by atoms with Crippen LogP contribution in [0.1, 0.15) is 95.5 Å². The first-order valence-corrected chi connectivity index (χ1v) is 19.2. The molecule has 3 rings (SSSR count). The van der Waals surface area contributed by atoms with E-state index < -0.39 is 72.8 Å². The van der Waals surface area contributed by atoms with Gasteiger partial charge in [0.1, 0.15) is 24.2 Å². The number of nitrogens with zero attached hydrogens (tertiary/aromatic N) is 1. The number of carbonyl (C=O) groups is 5. The molecular weight excluding hydrogens is 689 g/mol. The fourth-order valence-electron chi connectivity index (χ4n) is 6.39. The molecule has 15 heteroatoms. The molecule has 6 atom stereocenters. The van der Waals surface area contributed by atoms with Crippen molar-refractivity contribution in [1.82, 2.24) is 26.2 Å². The Bertz CT molecular complexity index is 1540. The molecule has 5 amide bonds. The molecule has 296 valence electrons. The van der Waals surface area contributed by atoms with Gasteiger partial charge in [0.2, 0.25) is 23.6 Å². The number of benzene rings is 2. The lowest BCUT2D eigenvalue weighted by molar-refractivity contribution is -0.141. The van der Waals surface area contributed by atoms with Crippen molar-refractivity contribution in [2.45, 2.75) is 122 Å². The van der Waals surface area contributed by atoms with Crippen LogP contribution in [0.25, 0.3) is 11.1 Å². The first kappa shape index (κ1) is 44.1. The van der Waals surface area contributed by atoms with Gasteiger partial charge in [-0.3, -0.25) is 24.0 Å². The van der Waals surface area contributed by atoms with Gasteiger partial charge in [-0.2, -0.15) is 0 Å². The summed E-state index contributed by atoms with van der Waals surface area (Å²) in [6, 6.07) is 11.0. The van der Waals surface area contributed by atoms with Crippen molar-refractivity contribution in [2.75, 3.05) is 13.1 Å². The third-order valence-electron chi connectivity index (χ3n) is 9.63. The molecule has 2 aromatic carbocycles. The molecule has 1 fully saturated rings. The number of carbonyl (C=O) groups excluding carboxylic acids is 5. The third-order valence-corrected chi connectivity index (χ3v) is 9.63. The van der Waals surface area contributed by atoms with Crippen LogP contribution < -0.4 is 32.7 Å². The molecule has 0 spiro atoms. The van der Waals surface area contributed by atoms with Gasteiger partial charge in [0, 0.05) is 18.2 Å². The van der Waals surface area contributed by atoms with E-state index in [0.717, 1.165) is 30.4 Å². The molecule has 14 nitrogen and oxygen atoms in total. The molecule has 0 bridgehead atoms. The molecule has 0 radical (unpaired) electrons. The molecule has 0 aliphatic carbocycles. The summed E-state index contributed by atoms with van der Waals surface area (Å²) in [6.45, 7) is 9.28. The van der Waals surface area contributed by atoms with Crippen LogP contribution in [0.4, 0.5) is 0 Å². The number of hydrogen-bond donors (Lipinski definition) is 8. The second-order valence-corrected chi connectivity index (χ2v) is 14.8. The Hall–Kier alpha value is -4.31. The zero-order valence-corrected chi connectivity index (χ0v) is 32.3. The first-order valence-electron chi connectivity index (χ1n) is 19.2. The van der Waals surface area contributed by atoms with Gasteiger partial charge in [-0.05, 0) is 100 Å². The van der Waals surface area contributed by atoms with Gasteiger partial charge in [-0.25, -0.2) is 0 Å². The summed E-state index contributed by atoms with van der Waals surface area (Å²) in [4.78, 5) is 68.5. The summed E-state index contributed by atoms with van der Waals surface area (Å²) in [6.07, 6.45) is 5.22. The number of nitrogens with two attached hydrogens (primary N) is 2. The summed E-state index contributed by atoms with van der Waals surface area (Å²) >= 11 is 0. The standard InChI is InChI=1S/C39H60BN7O7/c1-6-7-10-27-12-14-28(15-13-27)29-16-18-30(19-17-29)36(49)45-32(11-8-9-20-41)39(52)47-23-31(42)22-34(47)38(51)43-25(4)35(48)46-33(21-24(2)3)37(50)44-26(5)40(53)54/h12-19,24-26,31-34,53-54H,6-11,20-23,41-42H2,1-5H3,(H,43,51)(H,44,50)(H,45,49)(H,46,48)/t25-,26-,31+,32-,33-,34-/m0/s1. The maximum absolute atomic E-state index is 14.1. The zero-order chi connectivity index (χ0) is 39.9. The lowest BCUT2D eigenvalue weighted by Gasteiger charge is -2.30. The van der Waals surface area contributed by atoms with Crippen LogP contribution in [0, 0.1) is 5.92 Å². The minimum atomic E-state index is -1.78. The van der Waals surface area contributed by atoms with E-state index in [1.165, 1.54) is 24.3 Å². The van der Waals surface area contributed by atoms with E-state index in [2.05, 4.69) is 52.5 Å². The number of amides is 5. The monoisotopic (exact) mass is 749 g/mol. The zero-order valence-electron chi connectivity index (χ0n) is 32.3. The number of rotatable bonds is 20. The van der Waals surface area contributed by atoms with Gasteiger partial charge in [0.15, 0.2) is 0 Å². The van der Waals surface area contributed by atoms with Crippen molar-refractivity contribution in [3.63, 3.8) is 0 Å². The average Bonchev–Trinajstić information content (AvgIpc) is 3.54. The van der Waals surface area contributed by atoms with Crippen LogP contribution in [0.3, 0.4) is 0 Å². The highest BCUT2D eigenvalue weighted by atomic mass is 16.4. The van der Waals surface area contributed by atoms with Crippen LogP contribution in [-0.4, -0.2) is 101 Å². The highest BCUT2D eigenvalue weighted by molar-refractivity contribution is 6.43. The minimum absolute atomic E-state index is 0.00975. The van der Waals surface area contributed by atoms with Gasteiger partial charge in [0.25, 0.3) is 5.91 Å². The Kier molecular flexibility index (Phi) is 17.6. The smallest absolute Gasteiger partial charge is 0.426 e. The van der Waals surface area contributed by atoms with E-state index in [1.54, 1.807) is 12.1 Å². The molecule has 1 aliphatic rings. The lowest BCUT2D eigenvalue weighted by Crippen LogP contribution is -2.58. The molecule has 10 N–H and O–H groups in total. The van der Waals surface area contributed by atoms with Crippen molar-refractivity contribution < 1.29 is 34.0 Å². The van der Waals surface area contributed by atoms with Gasteiger partial charge in [-0.15, -0.1) is 0 Å². The van der Waals surface area contributed by atoms with E-state index in [-0.39, 0.29) is 25.3 Å². The Morgan fingerprint density at radius 3 is 2.04 bits per heavy atom. The predicted molar refractivity (Wildman–Crippen MR) is 210 cm³/mol. The molecule has 0 unspecified atom stereocenters. The molecular formula is C39H60BN7O7. The van der Waals surface area contributed by atoms with E-state index in [1.807, 2.05) is 26.0 Å². The van der Waals surface area contributed by atoms with Crippen LogP contribution in [0.2, 0.25) is 0 Å². The van der Waals surface area contributed by atoms with E-state index >= 15 is 0 Å². The predicted octanol–water partition coefficient (Wildman–Crippen LogP) is 1.40. The maximum atomic E-state index is 14.1. The normalized spacial score (nSPS) is 17.6. The van der Waals surface area contributed by atoms with E-state index in [0.29, 0.717) is 31.4 Å². The highest BCUT2D eigenvalue weighted by Gasteiger charge is 2.41. The Balaban J connectivity index is 1.70. The van der Waals surface area contributed by atoms with Gasteiger partial charge >= 0.3 is 7.12 Å². The molecule has 1 heterocycles. The lowest BCUT2D eigenvalue weighted by atomic mass is 9.81. The van der Waals surface area contributed by atoms with Crippen LogP contribution >= 0.6 is 0 Å². The van der Waals surface area contributed by atoms with Crippen LogP contribution in [-0.2, 0) is 25.6 Å². The number of hydrogen-bond acceptors (Lipinski definition) is 9. The summed E-state index contributed by atoms with van der Waals surface area (Å²) in [7, 11) is -1.78. The molecule has 2 aromatic rings. The molecule has 1 aliphatic heterocycles. The number of nitrogens with one attached hydrogen (secondary N) is 4. The number of unbranched alkanes of at least 4 members (excludes halogenated alkanes) is 2. The molecule has 0 saturated carbocycles. The van der Waals surface area contributed by atoms with Gasteiger partial charge < -0.3 is 47.7 Å². The van der Waals surface area contributed by atoms with Crippen molar-refractivity contribution in [2.24, 2.45) is 17.4 Å². The second-order valence-electron chi connectivity index (χ2n) is 14.8. The average molecular weight is 750 g/mol. The quantitative estimate of drug-likeness (QED) is 0.0722. The summed E-state index contributed by atoms with van der Waals surface area (Å²) < 4.78 is 0. The summed E-state index contributed by atoms with van der Waals surface area (Å²) in [5, 5.41) is 29.4.